The van der Waals surface area contributed by atoms with Gasteiger partial charge in [0, 0.05) is 18.7 Å². The largest absolute Gasteiger partial charge is 0.302 e. The average Bonchev–Trinajstić information content (AvgIpc) is 2.65. The molecular formula is C11H16N2O2S. The normalized spacial score (nSPS) is 12.2. The zero-order valence-electron chi connectivity index (χ0n) is 9.74. The lowest BCUT2D eigenvalue weighted by atomic mass is 10.1. The minimum absolute atomic E-state index is 0.0428. The molecule has 0 aromatic carbocycles. The summed E-state index contributed by atoms with van der Waals surface area (Å²) >= 11 is 1.28. The molecule has 1 aromatic heterocycles. The Morgan fingerprint density at radius 2 is 2.25 bits per heavy atom. The molecule has 1 amide bonds. The van der Waals surface area contributed by atoms with Crippen molar-refractivity contribution >= 4 is 28.2 Å². The molecule has 0 aliphatic carbocycles. The van der Waals surface area contributed by atoms with Crippen LogP contribution in [0.1, 0.15) is 44.1 Å². The quantitative estimate of drug-likeness (QED) is 0.805. The van der Waals surface area contributed by atoms with Gasteiger partial charge in [-0.05, 0) is 5.92 Å². The number of rotatable bonds is 5. The average molecular weight is 240 g/mol. The van der Waals surface area contributed by atoms with Crippen molar-refractivity contribution in [2.45, 2.75) is 33.6 Å². The third-order valence-corrected chi connectivity index (χ3v) is 3.10. The molecule has 1 atom stereocenters. The first-order valence-corrected chi connectivity index (χ1v) is 6.17. The van der Waals surface area contributed by atoms with Gasteiger partial charge in [0.2, 0.25) is 5.91 Å². The Morgan fingerprint density at radius 3 is 2.75 bits per heavy atom. The van der Waals surface area contributed by atoms with E-state index in [9.17, 15) is 9.59 Å². The number of nitrogens with one attached hydrogen (secondary N) is 1. The molecule has 5 heteroatoms. The highest BCUT2D eigenvalue weighted by molar-refractivity contribution is 7.14. The number of hydrogen-bond acceptors (Lipinski definition) is 4. The molecule has 1 heterocycles. The molecule has 16 heavy (non-hydrogen) atoms. The number of hydrogen-bond donors (Lipinski definition) is 1. The van der Waals surface area contributed by atoms with Gasteiger partial charge in [-0.1, -0.05) is 20.3 Å². The van der Waals surface area contributed by atoms with Crippen molar-refractivity contribution in [2.24, 2.45) is 5.92 Å². The first-order chi connectivity index (χ1) is 7.52. The summed E-state index contributed by atoms with van der Waals surface area (Å²) in [5, 5.41) is 4.85. The Bertz CT molecular complexity index is 387. The Hall–Kier alpha value is -1.23. The summed E-state index contributed by atoms with van der Waals surface area (Å²) in [5.41, 5.74) is 0.406. The van der Waals surface area contributed by atoms with Gasteiger partial charge in [-0.2, -0.15) is 0 Å². The molecule has 0 fully saturated rings. The topological polar surface area (TPSA) is 59.1 Å². The molecule has 1 aromatic rings. The molecule has 0 spiro atoms. The summed E-state index contributed by atoms with van der Waals surface area (Å²) in [4.78, 5) is 26.6. The zero-order valence-corrected chi connectivity index (χ0v) is 10.6. The van der Waals surface area contributed by atoms with Crippen molar-refractivity contribution in [1.82, 2.24) is 4.98 Å². The highest BCUT2D eigenvalue weighted by atomic mass is 32.1. The van der Waals surface area contributed by atoms with Gasteiger partial charge in [-0.15, -0.1) is 11.3 Å². The number of aromatic nitrogens is 1. The molecule has 1 N–H and O–H groups in total. The van der Waals surface area contributed by atoms with Crippen LogP contribution in [0.3, 0.4) is 0 Å². The van der Waals surface area contributed by atoms with Crippen LogP contribution in [0.5, 0.6) is 0 Å². The Kier molecular flexibility index (Phi) is 4.61. The third-order valence-electron chi connectivity index (χ3n) is 2.34. The molecule has 4 nitrogen and oxygen atoms in total. The minimum Gasteiger partial charge on any atom is -0.302 e. The lowest BCUT2D eigenvalue weighted by Crippen LogP contribution is -2.14. The lowest BCUT2D eigenvalue weighted by molar-refractivity contribution is -0.117. The van der Waals surface area contributed by atoms with Gasteiger partial charge < -0.3 is 5.32 Å². The second kappa shape index (κ2) is 5.75. The highest BCUT2D eigenvalue weighted by Crippen LogP contribution is 2.17. The van der Waals surface area contributed by atoms with Crippen molar-refractivity contribution in [3.8, 4) is 0 Å². The minimum atomic E-state index is -0.0846. The second-order valence-corrected chi connectivity index (χ2v) is 4.72. The number of carbonyl (C=O) groups excluding carboxylic acids is 2. The fourth-order valence-corrected chi connectivity index (χ4v) is 1.89. The van der Waals surface area contributed by atoms with Crippen molar-refractivity contribution in [2.75, 3.05) is 5.32 Å². The molecule has 0 aliphatic heterocycles. The monoisotopic (exact) mass is 240 g/mol. The molecule has 0 saturated carbocycles. The van der Waals surface area contributed by atoms with E-state index in [1.165, 1.54) is 18.3 Å². The van der Waals surface area contributed by atoms with Gasteiger partial charge >= 0.3 is 0 Å². The maximum Gasteiger partial charge on any atom is 0.226 e. The van der Waals surface area contributed by atoms with E-state index in [2.05, 4.69) is 17.2 Å². The number of thiazole rings is 1. The number of ketones is 1. The Balaban J connectivity index is 2.53. The zero-order chi connectivity index (χ0) is 12.1. The standard InChI is InChI=1S/C11H16N2O2S/c1-4-7(2)5-10(15)13-11-12-9(6-16-11)8(3)14/h6-7H,4-5H2,1-3H3,(H,12,13,15). The van der Waals surface area contributed by atoms with E-state index in [0.29, 0.717) is 23.2 Å². The van der Waals surface area contributed by atoms with Gasteiger partial charge in [0.25, 0.3) is 0 Å². The van der Waals surface area contributed by atoms with Crippen molar-refractivity contribution in [3.05, 3.63) is 11.1 Å². The Morgan fingerprint density at radius 1 is 1.56 bits per heavy atom. The first-order valence-electron chi connectivity index (χ1n) is 5.29. The van der Waals surface area contributed by atoms with E-state index < -0.39 is 0 Å². The number of anilines is 1. The van der Waals surface area contributed by atoms with E-state index in [1.807, 2.05) is 6.92 Å². The predicted octanol–water partition coefficient (Wildman–Crippen LogP) is 2.72. The third kappa shape index (κ3) is 3.73. The molecule has 88 valence electrons. The smallest absolute Gasteiger partial charge is 0.226 e. The summed E-state index contributed by atoms with van der Waals surface area (Å²) in [6.45, 7) is 5.54. The van der Waals surface area contributed by atoms with Gasteiger partial charge in [0.15, 0.2) is 10.9 Å². The first kappa shape index (κ1) is 12.8. The van der Waals surface area contributed by atoms with Crippen LogP contribution in [-0.4, -0.2) is 16.7 Å². The van der Waals surface area contributed by atoms with Crippen LogP contribution in [0.25, 0.3) is 0 Å². The SMILES string of the molecule is CCC(C)CC(=O)Nc1nc(C(C)=O)cs1. The van der Waals surface area contributed by atoms with Crippen LogP contribution in [-0.2, 0) is 4.79 Å². The summed E-state index contributed by atoms with van der Waals surface area (Å²) < 4.78 is 0. The number of amides is 1. The molecule has 0 saturated heterocycles. The molecule has 0 radical (unpaired) electrons. The fourth-order valence-electron chi connectivity index (χ4n) is 1.12. The van der Waals surface area contributed by atoms with E-state index in [1.54, 1.807) is 5.38 Å². The maximum absolute atomic E-state index is 11.5. The summed E-state index contributed by atoms with van der Waals surface area (Å²) in [6, 6.07) is 0. The molecule has 0 aliphatic rings. The summed E-state index contributed by atoms with van der Waals surface area (Å²) in [5.74, 6) is 0.240. The van der Waals surface area contributed by atoms with Crippen molar-refractivity contribution < 1.29 is 9.59 Å². The van der Waals surface area contributed by atoms with E-state index in [-0.39, 0.29) is 11.7 Å². The van der Waals surface area contributed by atoms with Crippen LogP contribution in [0.15, 0.2) is 5.38 Å². The van der Waals surface area contributed by atoms with Crippen molar-refractivity contribution in [1.29, 1.82) is 0 Å². The van der Waals surface area contributed by atoms with Crippen LogP contribution < -0.4 is 5.32 Å². The molecule has 0 bridgehead atoms. The van der Waals surface area contributed by atoms with E-state index in [4.69, 9.17) is 0 Å². The summed E-state index contributed by atoms with van der Waals surface area (Å²) in [6.07, 6.45) is 1.47. The van der Waals surface area contributed by atoms with Crippen LogP contribution in [0, 0.1) is 5.92 Å². The Labute approximate surface area is 99.1 Å². The fraction of sp³-hybridized carbons (Fsp3) is 0.545. The maximum atomic E-state index is 11.5. The van der Waals surface area contributed by atoms with Gasteiger partial charge in [0.05, 0.1) is 0 Å². The number of nitrogens with zero attached hydrogens (tertiary/aromatic N) is 1. The number of Topliss-reactive ketones (excluding diaryl/α,β-unsaturated/α-hetero) is 1. The highest BCUT2D eigenvalue weighted by Gasteiger charge is 2.11. The predicted molar refractivity (Wildman–Crippen MR) is 64.8 cm³/mol. The number of carbonyl (C=O) groups is 2. The van der Waals surface area contributed by atoms with Gasteiger partial charge in [-0.3, -0.25) is 9.59 Å². The van der Waals surface area contributed by atoms with Crippen molar-refractivity contribution in [3.63, 3.8) is 0 Å². The van der Waals surface area contributed by atoms with E-state index in [0.717, 1.165) is 6.42 Å². The second-order valence-electron chi connectivity index (χ2n) is 3.86. The summed E-state index contributed by atoms with van der Waals surface area (Å²) in [7, 11) is 0. The van der Waals surface area contributed by atoms with Crippen LogP contribution in [0.2, 0.25) is 0 Å². The molecule has 1 rings (SSSR count). The van der Waals surface area contributed by atoms with Gasteiger partial charge in [-0.25, -0.2) is 4.98 Å². The van der Waals surface area contributed by atoms with Crippen LogP contribution >= 0.6 is 11.3 Å². The van der Waals surface area contributed by atoms with Crippen LogP contribution in [0.4, 0.5) is 5.13 Å². The molecule has 1 unspecified atom stereocenters. The van der Waals surface area contributed by atoms with E-state index >= 15 is 0 Å². The molecular weight excluding hydrogens is 224 g/mol. The van der Waals surface area contributed by atoms with Gasteiger partial charge in [0.1, 0.15) is 5.69 Å². The lowest BCUT2D eigenvalue weighted by Gasteiger charge is -2.06.